The molecule has 0 fully saturated rings. The highest BCUT2D eigenvalue weighted by atomic mass is 32.2. The lowest BCUT2D eigenvalue weighted by Crippen LogP contribution is -2.12. The van der Waals surface area contributed by atoms with Gasteiger partial charge < -0.3 is 0 Å². The first-order valence-electron chi connectivity index (χ1n) is 2.00. The van der Waals surface area contributed by atoms with Crippen LogP contribution in [0.25, 0.3) is 0 Å². The minimum atomic E-state index is -4.36. The Bertz CT molecular complexity index is 371. The van der Waals surface area contributed by atoms with Crippen molar-refractivity contribution >= 4 is 22.5 Å². The Morgan fingerprint density at radius 1 is 1.70 bits per heavy atom. The van der Waals surface area contributed by atoms with E-state index in [1.165, 1.54) is 0 Å². The minimum Gasteiger partial charge on any atom is -0.268 e. The summed E-state index contributed by atoms with van der Waals surface area (Å²) in [6.07, 6.45) is 0. The van der Waals surface area contributed by atoms with E-state index in [1.807, 2.05) is 5.21 Å². The molecule has 0 saturated heterocycles. The second-order valence-electron chi connectivity index (χ2n) is 1.32. The number of aromatic nitrogens is 4. The lowest BCUT2D eigenvalue weighted by atomic mass is 11.4. The van der Waals surface area contributed by atoms with Gasteiger partial charge in [0.25, 0.3) is 4.77 Å². The van der Waals surface area contributed by atoms with Gasteiger partial charge in [0, 0.05) is 0 Å². The van der Waals surface area contributed by atoms with Crippen LogP contribution in [0.4, 0.5) is 0 Å². The molecule has 1 rings (SSSR count). The molecule has 0 aromatic carbocycles. The van der Waals surface area contributed by atoms with Crippen molar-refractivity contribution in [2.24, 2.45) is 0 Å². The first kappa shape index (κ1) is 7.31. The second-order valence-corrected chi connectivity index (χ2v) is 2.95. The molecular formula is CH2N4O3S2. The van der Waals surface area contributed by atoms with Crippen LogP contribution in [0.3, 0.4) is 0 Å². The molecule has 0 unspecified atom stereocenters. The molecule has 0 radical (unpaired) electrons. The number of H-pyrrole nitrogens is 1. The van der Waals surface area contributed by atoms with E-state index in [9.17, 15) is 8.42 Å². The molecule has 0 atom stereocenters. The van der Waals surface area contributed by atoms with Crippen LogP contribution in [0.15, 0.2) is 0 Å². The number of nitrogens with zero attached hydrogens (tertiary/aromatic N) is 3. The highest BCUT2D eigenvalue weighted by Crippen LogP contribution is 1.87. The summed E-state index contributed by atoms with van der Waals surface area (Å²) in [5, 5.41) is 8.01. The fourth-order valence-corrected chi connectivity index (χ4v) is 1.08. The van der Waals surface area contributed by atoms with Crippen molar-refractivity contribution in [3.05, 3.63) is 4.77 Å². The summed E-state index contributed by atoms with van der Waals surface area (Å²) < 4.78 is 28.7. The molecule has 0 aliphatic heterocycles. The summed E-state index contributed by atoms with van der Waals surface area (Å²) in [5.74, 6) is 0. The fraction of sp³-hybridized carbons (Fsp3) is 0. The van der Waals surface area contributed by atoms with Crippen molar-refractivity contribution in [3.63, 3.8) is 0 Å². The van der Waals surface area contributed by atoms with Gasteiger partial charge in [-0.05, 0) is 17.4 Å². The monoisotopic (exact) mass is 182 g/mol. The van der Waals surface area contributed by atoms with Crippen LogP contribution in [0.5, 0.6) is 0 Å². The first-order valence-corrected chi connectivity index (χ1v) is 3.80. The van der Waals surface area contributed by atoms with Crippen LogP contribution in [0.1, 0.15) is 0 Å². The van der Waals surface area contributed by atoms with Crippen LogP contribution in [-0.4, -0.2) is 32.6 Å². The highest BCUT2D eigenvalue weighted by Gasteiger charge is 2.08. The van der Waals surface area contributed by atoms with Crippen molar-refractivity contribution in [1.82, 2.24) is 19.6 Å². The van der Waals surface area contributed by atoms with Crippen molar-refractivity contribution in [3.8, 4) is 0 Å². The predicted octanol–water partition coefficient (Wildman–Crippen LogP) is -1.01. The lowest BCUT2D eigenvalue weighted by Gasteiger charge is -1.90. The second kappa shape index (κ2) is 2.11. The first-order chi connectivity index (χ1) is 4.52. The molecule has 7 nitrogen and oxygen atoms in total. The van der Waals surface area contributed by atoms with E-state index >= 15 is 0 Å². The maximum Gasteiger partial charge on any atom is 0.381 e. The molecule has 56 valence electrons. The fourth-order valence-electron chi connectivity index (χ4n) is 0.339. The molecule has 0 bridgehead atoms. The Hall–Kier alpha value is -0.800. The summed E-state index contributed by atoms with van der Waals surface area (Å²) in [5.41, 5.74) is 0. The molecule has 1 heterocycles. The van der Waals surface area contributed by atoms with Crippen LogP contribution in [-0.2, 0) is 10.3 Å². The maximum atomic E-state index is 10.3. The van der Waals surface area contributed by atoms with Gasteiger partial charge in [-0.25, -0.2) is 0 Å². The molecule has 2 N–H and O–H groups in total. The van der Waals surface area contributed by atoms with Crippen LogP contribution < -0.4 is 0 Å². The zero-order chi connectivity index (χ0) is 7.78. The van der Waals surface area contributed by atoms with Crippen molar-refractivity contribution in [2.75, 3.05) is 0 Å². The molecule has 1 aromatic rings. The number of tetrazole rings is 1. The Labute approximate surface area is 60.5 Å². The number of nitrogens with one attached hydrogen (secondary N) is 1. The number of hydrogen-bond donors (Lipinski definition) is 2. The Morgan fingerprint density at radius 3 is 2.50 bits per heavy atom. The van der Waals surface area contributed by atoms with Crippen molar-refractivity contribution < 1.29 is 13.0 Å². The van der Waals surface area contributed by atoms with E-state index in [4.69, 9.17) is 4.55 Å². The molecule has 0 saturated carbocycles. The van der Waals surface area contributed by atoms with E-state index in [1.54, 1.807) is 0 Å². The molecule has 10 heavy (non-hydrogen) atoms. The van der Waals surface area contributed by atoms with E-state index < -0.39 is 10.3 Å². The van der Waals surface area contributed by atoms with E-state index in [0.717, 1.165) is 0 Å². The molecular weight excluding hydrogens is 180 g/mol. The van der Waals surface area contributed by atoms with Crippen LogP contribution in [0.2, 0.25) is 0 Å². The van der Waals surface area contributed by atoms with Crippen LogP contribution >= 0.6 is 12.2 Å². The van der Waals surface area contributed by atoms with Gasteiger partial charge in [-0.1, -0.05) is 5.10 Å². The largest absolute Gasteiger partial charge is 0.381 e. The van der Waals surface area contributed by atoms with Gasteiger partial charge in [-0.2, -0.15) is 13.6 Å². The number of rotatable bonds is 1. The van der Waals surface area contributed by atoms with Gasteiger partial charge in [0.15, 0.2) is 0 Å². The SMILES string of the molecule is O=S(=O)(O)n1[nH]nnc1=S. The van der Waals surface area contributed by atoms with Gasteiger partial charge >= 0.3 is 10.3 Å². The molecule has 0 aliphatic carbocycles. The Morgan fingerprint density at radius 2 is 2.30 bits per heavy atom. The maximum absolute atomic E-state index is 10.3. The normalized spacial score (nSPS) is 11.7. The van der Waals surface area contributed by atoms with Crippen LogP contribution in [0, 0.1) is 4.77 Å². The molecule has 1 aromatic heterocycles. The predicted molar refractivity (Wildman–Crippen MR) is 32.2 cm³/mol. The average Bonchev–Trinajstić information content (AvgIpc) is 2.11. The summed E-state index contributed by atoms with van der Waals surface area (Å²) in [6.45, 7) is 0. The summed E-state index contributed by atoms with van der Waals surface area (Å²) in [7, 11) is -4.36. The molecule has 0 amide bonds. The third-order valence-corrected chi connectivity index (χ3v) is 1.77. The number of hydrogen-bond acceptors (Lipinski definition) is 5. The van der Waals surface area contributed by atoms with E-state index in [2.05, 4.69) is 22.5 Å². The molecule has 0 spiro atoms. The quantitative estimate of drug-likeness (QED) is 0.426. The summed E-state index contributed by atoms with van der Waals surface area (Å²) in [4.78, 5) is 0. The lowest BCUT2D eigenvalue weighted by molar-refractivity contribution is 0.463. The summed E-state index contributed by atoms with van der Waals surface area (Å²) >= 11 is 4.35. The summed E-state index contributed by atoms with van der Waals surface area (Å²) in [6, 6.07) is 0. The average molecular weight is 182 g/mol. The van der Waals surface area contributed by atoms with Crippen molar-refractivity contribution in [2.45, 2.75) is 0 Å². The van der Waals surface area contributed by atoms with E-state index in [-0.39, 0.29) is 8.86 Å². The Balaban J connectivity index is 3.47. The van der Waals surface area contributed by atoms with Gasteiger partial charge in [0.1, 0.15) is 0 Å². The zero-order valence-corrected chi connectivity index (χ0v) is 6.05. The van der Waals surface area contributed by atoms with Gasteiger partial charge in [-0.3, -0.25) is 4.55 Å². The molecule has 0 aliphatic rings. The highest BCUT2D eigenvalue weighted by molar-refractivity contribution is 7.84. The van der Waals surface area contributed by atoms with Crippen molar-refractivity contribution in [1.29, 1.82) is 0 Å². The molecule has 9 heteroatoms. The van der Waals surface area contributed by atoms with Gasteiger partial charge in [0.2, 0.25) is 0 Å². The third kappa shape index (κ3) is 1.20. The van der Waals surface area contributed by atoms with Gasteiger partial charge in [-0.15, -0.1) is 4.09 Å². The standard InChI is InChI=1S/CH2N4O3S2/c6-10(7,8)5-1(9)2-3-4-5/h(H,2,4,9)(H,6,7,8). The number of aromatic amines is 1. The topological polar surface area (TPSA) is 101 Å². The Kier molecular flexibility index (Phi) is 1.54. The minimum absolute atomic E-state index is 0.266. The van der Waals surface area contributed by atoms with Gasteiger partial charge in [0.05, 0.1) is 0 Å². The van der Waals surface area contributed by atoms with E-state index in [0.29, 0.717) is 0 Å². The zero-order valence-electron chi connectivity index (χ0n) is 4.42. The smallest absolute Gasteiger partial charge is 0.268 e. The third-order valence-electron chi connectivity index (χ3n) is 0.676.